The van der Waals surface area contributed by atoms with Crippen LogP contribution < -0.4 is 10.6 Å². The van der Waals surface area contributed by atoms with Crippen LogP contribution in [0.25, 0.3) is 0 Å². The fourth-order valence-electron chi connectivity index (χ4n) is 2.58. The van der Waals surface area contributed by atoms with Crippen LogP contribution in [0.4, 0.5) is 4.79 Å². The molecule has 0 aliphatic rings. The molecule has 30 heavy (non-hydrogen) atoms. The SMILES string of the molecule is COC(=O)[C@@H](CO)NC(=O)[C@@H](Cc1ccc(O)cc1)NC(=O)OCc1ccccc1. The zero-order valence-corrected chi connectivity index (χ0v) is 16.4. The van der Waals surface area contributed by atoms with Crippen molar-refractivity contribution in [3.05, 3.63) is 65.7 Å². The van der Waals surface area contributed by atoms with Crippen LogP contribution in [0.3, 0.4) is 0 Å². The normalized spacial score (nSPS) is 12.3. The lowest BCUT2D eigenvalue weighted by molar-refractivity contribution is -0.146. The van der Waals surface area contributed by atoms with E-state index < -0.39 is 36.7 Å². The molecular formula is C21H24N2O7. The Morgan fingerprint density at radius 2 is 1.60 bits per heavy atom. The lowest BCUT2D eigenvalue weighted by atomic mass is 10.0. The molecule has 0 aromatic heterocycles. The number of rotatable bonds is 9. The Bertz CT molecular complexity index is 840. The van der Waals surface area contributed by atoms with E-state index in [0.29, 0.717) is 5.56 Å². The number of benzene rings is 2. The second-order valence-electron chi connectivity index (χ2n) is 6.40. The van der Waals surface area contributed by atoms with E-state index in [1.54, 1.807) is 36.4 Å². The third kappa shape index (κ3) is 7.10. The van der Waals surface area contributed by atoms with Gasteiger partial charge in [0.15, 0.2) is 6.04 Å². The maximum atomic E-state index is 12.7. The van der Waals surface area contributed by atoms with Crippen molar-refractivity contribution >= 4 is 18.0 Å². The Labute approximate surface area is 173 Å². The number of ether oxygens (including phenoxy) is 2. The molecule has 0 heterocycles. The minimum atomic E-state index is -1.27. The number of methoxy groups -OCH3 is 1. The van der Waals surface area contributed by atoms with Gasteiger partial charge in [-0.05, 0) is 23.3 Å². The molecule has 160 valence electrons. The van der Waals surface area contributed by atoms with Crippen LogP contribution in [0.15, 0.2) is 54.6 Å². The molecule has 2 aromatic rings. The van der Waals surface area contributed by atoms with Gasteiger partial charge < -0.3 is 30.3 Å². The third-order valence-corrected chi connectivity index (χ3v) is 4.18. The zero-order chi connectivity index (χ0) is 21.9. The summed E-state index contributed by atoms with van der Waals surface area (Å²) in [7, 11) is 1.13. The molecule has 0 radical (unpaired) electrons. The van der Waals surface area contributed by atoms with E-state index in [0.717, 1.165) is 12.7 Å². The van der Waals surface area contributed by atoms with Crippen LogP contribution in [0.1, 0.15) is 11.1 Å². The third-order valence-electron chi connectivity index (χ3n) is 4.18. The Hall–Kier alpha value is -3.59. The first-order valence-corrected chi connectivity index (χ1v) is 9.17. The number of carbonyl (C=O) groups excluding carboxylic acids is 3. The van der Waals surface area contributed by atoms with Crippen molar-refractivity contribution in [1.29, 1.82) is 0 Å². The van der Waals surface area contributed by atoms with Crippen molar-refractivity contribution in [1.82, 2.24) is 10.6 Å². The van der Waals surface area contributed by atoms with Gasteiger partial charge in [0.05, 0.1) is 13.7 Å². The number of carbonyl (C=O) groups is 3. The van der Waals surface area contributed by atoms with Crippen molar-refractivity contribution in [3.63, 3.8) is 0 Å². The number of aliphatic hydroxyl groups excluding tert-OH is 1. The molecule has 9 nitrogen and oxygen atoms in total. The van der Waals surface area contributed by atoms with Crippen LogP contribution in [0, 0.1) is 0 Å². The van der Waals surface area contributed by atoms with Gasteiger partial charge >= 0.3 is 12.1 Å². The predicted molar refractivity (Wildman–Crippen MR) is 106 cm³/mol. The van der Waals surface area contributed by atoms with E-state index >= 15 is 0 Å². The fourth-order valence-corrected chi connectivity index (χ4v) is 2.58. The molecule has 2 rings (SSSR count). The smallest absolute Gasteiger partial charge is 0.408 e. The minimum Gasteiger partial charge on any atom is -0.508 e. The van der Waals surface area contributed by atoms with Gasteiger partial charge in [-0.3, -0.25) is 4.79 Å². The highest BCUT2D eigenvalue weighted by Crippen LogP contribution is 2.12. The number of nitrogens with one attached hydrogen (secondary N) is 2. The molecule has 0 saturated carbocycles. The molecule has 4 N–H and O–H groups in total. The second kappa shape index (κ2) is 11.4. The number of esters is 1. The monoisotopic (exact) mass is 416 g/mol. The summed E-state index contributed by atoms with van der Waals surface area (Å²) in [4.78, 5) is 36.5. The summed E-state index contributed by atoms with van der Waals surface area (Å²) >= 11 is 0. The van der Waals surface area contributed by atoms with Crippen molar-refractivity contribution in [2.75, 3.05) is 13.7 Å². The van der Waals surface area contributed by atoms with Crippen LogP contribution in [-0.2, 0) is 32.1 Å². The summed E-state index contributed by atoms with van der Waals surface area (Å²) in [6, 6.07) is 12.7. The van der Waals surface area contributed by atoms with Gasteiger partial charge in [0.1, 0.15) is 18.4 Å². The molecular weight excluding hydrogens is 392 g/mol. The summed E-state index contributed by atoms with van der Waals surface area (Å²) in [5.74, 6) is -1.47. The second-order valence-corrected chi connectivity index (χ2v) is 6.40. The summed E-state index contributed by atoms with van der Waals surface area (Å²) in [5.41, 5.74) is 1.42. The van der Waals surface area contributed by atoms with Crippen molar-refractivity contribution < 1.29 is 34.1 Å². The summed E-state index contributed by atoms with van der Waals surface area (Å²) < 4.78 is 9.68. The summed E-state index contributed by atoms with van der Waals surface area (Å²) in [6.45, 7) is -0.648. The fraction of sp³-hybridized carbons (Fsp3) is 0.286. The highest BCUT2D eigenvalue weighted by atomic mass is 16.5. The van der Waals surface area contributed by atoms with E-state index in [4.69, 9.17) is 4.74 Å². The topological polar surface area (TPSA) is 134 Å². The quantitative estimate of drug-likeness (QED) is 0.446. The maximum Gasteiger partial charge on any atom is 0.408 e. The number of alkyl carbamates (subject to hydrolysis) is 1. The van der Waals surface area contributed by atoms with Crippen LogP contribution in [0.2, 0.25) is 0 Å². The molecule has 2 amide bonds. The number of hydrogen-bond acceptors (Lipinski definition) is 7. The Kier molecular flexibility index (Phi) is 8.64. The van der Waals surface area contributed by atoms with Crippen molar-refractivity contribution in [2.24, 2.45) is 0 Å². The largest absolute Gasteiger partial charge is 0.508 e. The number of aliphatic hydroxyl groups is 1. The predicted octanol–water partition coefficient (Wildman–Crippen LogP) is 0.880. The minimum absolute atomic E-state index is 0.0155. The molecule has 0 saturated heterocycles. The maximum absolute atomic E-state index is 12.7. The van der Waals surface area contributed by atoms with Gasteiger partial charge in [0.25, 0.3) is 0 Å². The lowest BCUT2D eigenvalue weighted by Crippen LogP contribution is -2.53. The van der Waals surface area contributed by atoms with Crippen LogP contribution in [-0.4, -0.2) is 54.0 Å². The Morgan fingerprint density at radius 3 is 2.20 bits per heavy atom. The Morgan fingerprint density at radius 1 is 0.933 bits per heavy atom. The molecule has 0 aliphatic carbocycles. The molecule has 2 aromatic carbocycles. The standard InChI is InChI=1S/C21H24N2O7/c1-29-20(27)18(12-24)22-19(26)17(11-14-7-9-16(25)10-8-14)23-21(28)30-13-15-5-3-2-4-6-15/h2-10,17-18,24-25H,11-13H2,1H3,(H,22,26)(H,23,28)/t17-,18-/m1/s1. The highest BCUT2D eigenvalue weighted by Gasteiger charge is 2.27. The molecule has 0 fully saturated rings. The number of amides is 2. The van der Waals surface area contributed by atoms with E-state index in [9.17, 15) is 24.6 Å². The highest BCUT2D eigenvalue weighted by molar-refractivity contribution is 5.89. The van der Waals surface area contributed by atoms with E-state index in [2.05, 4.69) is 15.4 Å². The van der Waals surface area contributed by atoms with Gasteiger partial charge in [-0.25, -0.2) is 9.59 Å². The van der Waals surface area contributed by atoms with Crippen molar-refractivity contribution in [2.45, 2.75) is 25.1 Å². The van der Waals surface area contributed by atoms with Gasteiger partial charge in [0.2, 0.25) is 5.91 Å². The number of aromatic hydroxyl groups is 1. The van der Waals surface area contributed by atoms with Crippen LogP contribution >= 0.6 is 0 Å². The summed E-state index contributed by atoms with van der Waals surface area (Å²) in [6.07, 6.45) is -0.761. The van der Waals surface area contributed by atoms with Crippen LogP contribution in [0.5, 0.6) is 5.75 Å². The average Bonchev–Trinajstić information content (AvgIpc) is 2.77. The number of phenolic OH excluding ortho intramolecular Hbond substituents is 1. The van der Waals surface area contributed by atoms with Gasteiger partial charge in [0, 0.05) is 6.42 Å². The molecule has 2 atom stereocenters. The first-order valence-electron chi connectivity index (χ1n) is 9.17. The van der Waals surface area contributed by atoms with Crippen molar-refractivity contribution in [3.8, 4) is 5.75 Å². The molecule has 9 heteroatoms. The van der Waals surface area contributed by atoms with E-state index in [1.165, 1.54) is 12.1 Å². The molecule has 0 aliphatic heterocycles. The molecule has 0 spiro atoms. The Balaban J connectivity index is 2.07. The van der Waals surface area contributed by atoms with Gasteiger partial charge in [-0.1, -0.05) is 42.5 Å². The summed E-state index contributed by atoms with van der Waals surface area (Å²) in [5, 5.41) is 23.5. The molecule has 0 unspecified atom stereocenters. The first kappa shape index (κ1) is 22.7. The zero-order valence-electron chi connectivity index (χ0n) is 16.4. The first-order chi connectivity index (χ1) is 14.4. The average molecular weight is 416 g/mol. The van der Waals surface area contributed by atoms with Gasteiger partial charge in [-0.2, -0.15) is 0 Å². The van der Waals surface area contributed by atoms with E-state index in [-0.39, 0.29) is 18.8 Å². The molecule has 0 bridgehead atoms. The number of hydrogen-bond donors (Lipinski definition) is 4. The number of phenols is 1. The van der Waals surface area contributed by atoms with E-state index in [1.807, 2.05) is 6.07 Å². The van der Waals surface area contributed by atoms with Gasteiger partial charge in [-0.15, -0.1) is 0 Å². The lowest BCUT2D eigenvalue weighted by Gasteiger charge is -2.21.